The largest absolute Gasteiger partial charge is 0.486 e. The van der Waals surface area contributed by atoms with Crippen LogP contribution in [0.2, 0.25) is 0 Å². The van der Waals surface area contributed by atoms with E-state index in [1.165, 1.54) is 18.4 Å². The Morgan fingerprint density at radius 1 is 1.53 bits per heavy atom. The number of hydrogen-bond donors (Lipinski definition) is 0. The van der Waals surface area contributed by atoms with Gasteiger partial charge in [0.2, 0.25) is 0 Å². The molecule has 0 aromatic rings. The first kappa shape index (κ1) is 13.1. The summed E-state index contributed by atoms with van der Waals surface area (Å²) in [7, 11) is 0. The van der Waals surface area contributed by atoms with E-state index in [1.54, 1.807) is 0 Å². The molecule has 0 spiro atoms. The molecule has 0 N–H and O–H groups in total. The van der Waals surface area contributed by atoms with Crippen molar-refractivity contribution in [1.82, 2.24) is 0 Å². The number of rotatable bonds is 3. The minimum atomic E-state index is 0.323. The molecule has 1 unspecified atom stereocenters. The van der Waals surface area contributed by atoms with Crippen LogP contribution in [0.3, 0.4) is 0 Å². The maximum absolute atomic E-state index is 5.69. The fourth-order valence-electron chi connectivity index (χ4n) is 3.32. The molecule has 1 saturated heterocycles. The molecule has 0 amide bonds. The Morgan fingerprint density at radius 2 is 2.24 bits per heavy atom. The van der Waals surface area contributed by atoms with Crippen LogP contribution in [0, 0.1) is 23.2 Å². The molecule has 96 valence electrons. The van der Waals surface area contributed by atoms with Gasteiger partial charge in [-0.15, -0.1) is 0 Å². The van der Waals surface area contributed by atoms with Gasteiger partial charge in [-0.2, -0.15) is 0 Å². The van der Waals surface area contributed by atoms with Crippen molar-refractivity contribution in [2.24, 2.45) is 23.2 Å². The third kappa shape index (κ3) is 2.42. The first-order valence-electron chi connectivity index (χ1n) is 6.74. The van der Waals surface area contributed by atoms with Crippen LogP contribution in [-0.2, 0) is 4.74 Å². The lowest BCUT2D eigenvalue weighted by atomic mass is 9.77. The predicted molar refractivity (Wildman–Crippen MR) is 76.1 cm³/mol. The van der Waals surface area contributed by atoms with E-state index in [0.29, 0.717) is 11.3 Å². The predicted octanol–water partition coefficient (Wildman–Crippen LogP) is 4.37. The van der Waals surface area contributed by atoms with Crippen molar-refractivity contribution < 1.29 is 4.74 Å². The summed E-state index contributed by atoms with van der Waals surface area (Å²) in [6, 6.07) is 0. The zero-order valence-electron chi connectivity index (χ0n) is 11.5. The quantitative estimate of drug-likeness (QED) is 0.545. The van der Waals surface area contributed by atoms with Crippen LogP contribution in [0.25, 0.3) is 0 Å². The Bertz CT molecular complexity index is 341. The van der Waals surface area contributed by atoms with Crippen LogP contribution in [0.1, 0.15) is 47.0 Å². The van der Waals surface area contributed by atoms with E-state index in [-0.39, 0.29) is 0 Å². The summed E-state index contributed by atoms with van der Waals surface area (Å²) < 4.78 is 5.69. The van der Waals surface area contributed by atoms with E-state index >= 15 is 0 Å². The number of thiocarbonyl (C=S) groups is 1. The Morgan fingerprint density at radius 3 is 2.82 bits per heavy atom. The highest BCUT2D eigenvalue weighted by Gasteiger charge is 2.54. The second-order valence-corrected chi connectivity index (χ2v) is 6.85. The second kappa shape index (κ2) is 4.72. The summed E-state index contributed by atoms with van der Waals surface area (Å²) in [4.78, 5) is 0. The number of fused-ring (bicyclic) bond motifs is 1. The average Bonchev–Trinajstić information content (AvgIpc) is 2.75. The molecular weight excluding hydrogens is 228 g/mol. The van der Waals surface area contributed by atoms with Gasteiger partial charge in [0.25, 0.3) is 0 Å². The summed E-state index contributed by atoms with van der Waals surface area (Å²) >= 11 is 5.41. The van der Waals surface area contributed by atoms with Gasteiger partial charge in [0, 0.05) is 11.3 Å². The number of ether oxygens (including phenoxy) is 1. The van der Waals surface area contributed by atoms with Crippen LogP contribution in [-0.4, -0.2) is 11.7 Å². The SMILES string of the molecule is CC(C)=CC[C@@]12COC(=S)[C@@H]1CC(C(C)C)C2. The molecular formula is C15H24OS. The Labute approximate surface area is 111 Å². The standard InChI is InChI=1S/C15H24OS/c1-10(2)5-6-15-8-12(11(3)4)7-13(15)14(17)16-9-15/h5,11-13H,6-9H2,1-4H3/t12?,13-,15+/m0/s1. The number of allylic oxidation sites excluding steroid dienone is 2. The topological polar surface area (TPSA) is 9.23 Å². The van der Waals surface area contributed by atoms with Crippen LogP contribution in [0.5, 0.6) is 0 Å². The molecule has 1 aliphatic heterocycles. The first-order valence-corrected chi connectivity index (χ1v) is 7.15. The fourth-order valence-corrected chi connectivity index (χ4v) is 3.73. The Kier molecular flexibility index (Phi) is 3.63. The molecule has 2 aliphatic rings. The van der Waals surface area contributed by atoms with Crippen LogP contribution in [0.15, 0.2) is 11.6 Å². The Hall–Kier alpha value is -0.370. The molecule has 1 nitrogen and oxygen atoms in total. The van der Waals surface area contributed by atoms with Crippen LogP contribution < -0.4 is 0 Å². The van der Waals surface area contributed by atoms with Crippen LogP contribution >= 0.6 is 12.2 Å². The third-order valence-electron chi connectivity index (χ3n) is 4.59. The maximum atomic E-state index is 5.69. The van der Waals surface area contributed by atoms with E-state index in [2.05, 4.69) is 33.8 Å². The zero-order chi connectivity index (χ0) is 12.6. The summed E-state index contributed by atoms with van der Waals surface area (Å²) in [6.07, 6.45) is 6.04. The van der Waals surface area contributed by atoms with Crippen molar-refractivity contribution in [3.8, 4) is 0 Å². The molecule has 2 rings (SSSR count). The highest BCUT2D eigenvalue weighted by atomic mass is 32.1. The van der Waals surface area contributed by atoms with Gasteiger partial charge in [-0.25, -0.2) is 0 Å². The summed E-state index contributed by atoms with van der Waals surface area (Å²) in [6.45, 7) is 9.88. The summed E-state index contributed by atoms with van der Waals surface area (Å²) in [5, 5.41) is 0.885. The van der Waals surface area contributed by atoms with Crippen molar-refractivity contribution in [3.05, 3.63) is 11.6 Å². The van der Waals surface area contributed by atoms with Crippen LogP contribution in [0.4, 0.5) is 0 Å². The maximum Gasteiger partial charge on any atom is 0.163 e. The summed E-state index contributed by atoms with van der Waals surface area (Å²) in [5.74, 6) is 2.12. The van der Waals surface area contributed by atoms with Crippen molar-refractivity contribution in [2.75, 3.05) is 6.61 Å². The molecule has 1 aliphatic carbocycles. The Balaban J connectivity index is 2.17. The summed E-state index contributed by atoms with van der Waals surface area (Å²) in [5.41, 5.74) is 1.73. The van der Waals surface area contributed by atoms with Gasteiger partial charge in [-0.1, -0.05) is 25.5 Å². The third-order valence-corrected chi connectivity index (χ3v) is 4.99. The monoisotopic (exact) mass is 252 g/mol. The first-order chi connectivity index (χ1) is 7.94. The minimum absolute atomic E-state index is 0.323. The van der Waals surface area contributed by atoms with Gasteiger partial charge in [-0.05, 0) is 57.2 Å². The molecule has 2 heteroatoms. The zero-order valence-corrected chi connectivity index (χ0v) is 12.3. The molecule has 3 atom stereocenters. The van der Waals surface area contributed by atoms with Crippen molar-refractivity contribution in [2.45, 2.75) is 47.0 Å². The van der Waals surface area contributed by atoms with E-state index < -0.39 is 0 Å². The fraction of sp³-hybridized carbons (Fsp3) is 0.800. The van der Waals surface area contributed by atoms with Gasteiger partial charge in [-0.3, -0.25) is 0 Å². The lowest BCUT2D eigenvalue weighted by molar-refractivity contribution is 0.178. The molecule has 0 aromatic carbocycles. The molecule has 17 heavy (non-hydrogen) atoms. The van der Waals surface area contributed by atoms with Crippen molar-refractivity contribution >= 4 is 17.3 Å². The van der Waals surface area contributed by atoms with Gasteiger partial charge in [0.1, 0.15) is 0 Å². The van der Waals surface area contributed by atoms with E-state index in [0.717, 1.165) is 29.9 Å². The molecule has 2 fully saturated rings. The van der Waals surface area contributed by atoms with Gasteiger partial charge in [0.15, 0.2) is 5.05 Å². The van der Waals surface area contributed by atoms with Gasteiger partial charge < -0.3 is 4.74 Å². The van der Waals surface area contributed by atoms with E-state index in [4.69, 9.17) is 17.0 Å². The van der Waals surface area contributed by atoms with E-state index in [1.807, 2.05) is 0 Å². The molecule has 0 radical (unpaired) electrons. The molecule has 1 saturated carbocycles. The van der Waals surface area contributed by atoms with Gasteiger partial charge >= 0.3 is 0 Å². The van der Waals surface area contributed by atoms with Crippen molar-refractivity contribution in [3.63, 3.8) is 0 Å². The van der Waals surface area contributed by atoms with E-state index in [9.17, 15) is 0 Å². The lowest BCUT2D eigenvalue weighted by Gasteiger charge is -2.25. The number of hydrogen-bond acceptors (Lipinski definition) is 2. The smallest absolute Gasteiger partial charge is 0.163 e. The second-order valence-electron chi connectivity index (χ2n) is 6.45. The highest BCUT2D eigenvalue weighted by Crippen LogP contribution is 2.55. The lowest BCUT2D eigenvalue weighted by Crippen LogP contribution is -2.24. The highest BCUT2D eigenvalue weighted by molar-refractivity contribution is 7.80. The van der Waals surface area contributed by atoms with Gasteiger partial charge in [0.05, 0.1) is 6.61 Å². The van der Waals surface area contributed by atoms with Crippen molar-refractivity contribution in [1.29, 1.82) is 0 Å². The average molecular weight is 252 g/mol. The molecule has 0 aromatic heterocycles. The molecule has 0 bridgehead atoms. The molecule has 1 heterocycles. The normalized spacial score (nSPS) is 35.9. The minimum Gasteiger partial charge on any atom is -0.486 e.